The van der Waals surface area contributed by atoms with Gasteiger partial charge in [-0.3, -0.25) is 15.0 Å². The highest BCUT2D eigenvalue weighted by atomic mass is 32.1. The Morgan fingerprint density at radius 2 is 2.15 bits per heavy atom. The van der Waals surface area contributed by atoms with Crippen molar-refractivity contribution >= 4 is 28.2 Å². The SMILES string of the molecule is CCCN1CCC[C@@H]2c3cccc4c3c(c(C)n4NC(=S)NCC)C[C@H]21. The molecule has 4 nitrogen and oxygen atoms in total. The predicted molar refractivity (Wildman–Crippen MR) is 114 cm³/mol. The number of likely N-dealkylation sites (tertiary alicyclic amines) is 1. The zero-order valence-corrected chi connectivity index (χ0v) is 17.0. The second-order valence-electron chi connectivity index (χ2n) is 7.67. The van der Waals surface area contributed by atoms with E-state index in [4.69, 9.17) is 12.2 Å². The maximum absolute atomic E-state index is 5.46. The number of benzene rings is 1. The maximum atomic E-state index is 5.46. The van der Waals surface area contributed by atoms with Crippen LogP contribution in [0.3, 0.4) is 0 Å². The van der Waals surface area contributed by atoms with Gasteiger partial charge in [-0.15, -0.1) is 0 Å². The number of rotatable bonds is 4. The Morgan fingerprint density at radius 3 is 2.92 bits per heavy atom. The van der Waals surface area contributed by atoms with Crippen LogP contribution in [0.25, 0.3) is 10.9 Å². The standard InChI is InChI=1S/C21H30N4S/c1-4-11-24-12-7-9-15-16-8-6-10-18-20(16)17(13-19(15)24)14(3)25(18)23-21(26)22-5-2/h6,8,10,15,19H,4-5,7,9,11-13H2,1-3H3,(H2,22,23,26)/t15-,19-/m1/s1. The van der Waals surface area contributed by atoms with Crippen molar-refractivity contribution in [1.29, 1.82) is 0 Å². The second-order valence-corrected chi connectivity index (χ2v) is 8.08. The molecule has 2 aliphatic rings. The summed E-state index contributed by atoms with van der Waals surface area (Å²) in [6, 6.07) is 7.46. The highest BCUT2D eigenvalue weighted by Crippen LogP contribution is 2.45. The Kier molecular flexibility index (Phi) is 4.93. The molecule has 1 aromatic heterocycles. The van der Waals surface area contributed by atoms with Crippen molar-refractivity contribution in [3.05, 3.63) is 35.0 Å². The fourth-order valence-electron chi connectivity index (χ4n) is 5.11. The van der Waals surface area contributed by atoms with Crippen LogP contribution in [-0.2, 0) is 6.42 Å². The molecule has 1 aromatic carbocycles. The summed E-state index contributed by atoms with van der Waals surface area (Å²) in [5, 5.41) is 5.37. The molecule has 0 spiro atoms. The molecule has 2 N–H and O–H groups in total. The Morgan fingerprint density at radius 1 is 1.31 bits per heavy atom. The first-order valence-electron chi connectivity index (χ1n) is 10.1. The summed E-state index contributed by atoms with van der Waals surface area (Å²) in [7, 11) is 0. The summed E-state index contributed by atoms with van der Waals surface area (Å²) in [6.07, 6.45) is 5.03. The average molecular weight is 371 g/mol. The molecule has 2 atom stereocenters. The zero-order chi connectivity index (χ0) is 18.3. The topological polar surface area (TPSA) is 32.2 Å². The molecule has 0 radical (unpaired) electrons. The Labute approximate surface area is 161 Å². The molecule has 4 rings (SSSR count). The van der Waals surface area contributed by atoms with E-state index in [2.05, 4.69) is 59.3 Å². The van der Waals surface area contributed by atoms with E-state index in [0.717, 1.165) is 13.0 Å². The van der Waals surface area contributed by atoms with E-state index in [9.17, 15) is 0 Å². The Bertz CT molecular complexity index is 823. The van der Waals surface area contributed by atoms with Crippen LogP contribution >= 0.6 is 12.2 Å². The highest BCUT2D eigenvalue weighted by molar-refractivity contribution is 7.80. The van der Waals surface area contributed by atoms with Gasteiger partial charge in [0.05, 0.1) is 5.52 Å². The molecular weight excluding hydrogens is 340 g/mol. The van der Waals surface area contributed by atoms with Crippen molar-refractivity contribution < 1.29 is 0 Å². The molecule has 0 unspecified atom stereocenters. The van der Waals surface area contributed by atoms with Crippen molar-refractivity contribution in [1.82, 2.24) is 14.9 Å². The number of hydrogen-bond acceptors (Lipinski definition) is 2. The van der Waals surface area contributed by atoms with E-state index < -0.39 is 0 Å². The first-order valence-corrected chi connectivity index (χ1v) is 10.5. The van der Waals surface area contributed by atoms with Gasteiger partial charge >= 0.3 is 0 Å². The van der Waals surface area contributed by atoms with Crippen LogP contribution in [0.5, 0.6) is 0 Å². The molecule has 2 heterocycles. The minimum Gasteiger partial charge on any atom is -0.362 e. The normalized spacial score (nSPS) is 22.3. The van der Waals surface area contributed by atoms with Crippen LogP contribution in [-0.4, -0.2) is 40.4 Å². The lowest BCUT2D eigenvalue weighted by Gasteiger charge is -2.44. The highest BCUT2D eigenvalue weighted by Gasteiger charge is 2.38. The summed E-state index contributed by atoms with van der Waals surface area (Å²) >= 11 is 5.46. The maximum Gasteiger partial charge on any atom is 0.185 e. The third-order valence-corrected chi connectivity index (χ3v) is 6.39. The summed E-state index contributed by atoms with van der Waals surface area (Å²) in [4.78, 5) is 2.74. The largest absolute Gasteiger partial charge is 0.362 e. The van der Waals surface area contributed by atoms with Gasteiger partial charge < -0.3 is 5.32 Å². The second kappa shape index (κ2) is 7.20. The van der Waals surface area contributed by atoms with E-state index in [1.54, 1.807) is 5.56 Å². The first kappa shape index (κ1) is 17.8. The number of fused-ring (bicyclic) bond motifs is 2. The van der Waals surface area contributed by atoms with Crippen molar-refractivity contribution in [2.75, 3.05) is 25.1 Å². The zero-order valence-electron chi connectivity index (χ0n) is 16.1. The molecule has 1 aliphatic heterocycles. The number of thiocarbonyl (C=S) groups is 1. The molecule has 0 bridgehead atoms. The fraction of sp³-hybridized carbons (Fsp3) is 0.571. The van der Waals surface area contributed by atoms with Crippen LogP contribution in [0.2, 0.25) is 0 Å². The van der Waals surface area contributed by atoms with Gasteiger partial charge in [0.25, 0.3) is 0 Å². The smallest absolute Gasteiger partial charge is 0.185 e. The molecule has 5 heteroatoms. The van der Waals surface area contributed by atoms with Crippen LogP contribution < -0.4 is 10.7 Å². The van der Waals surface area contributed by atoms with Gasteiger partial charge in [-0.1, -0.05) is 19.1 Å². The van der Waals surface area contributed by atoms with Crippen molar-refractivity contribution in [3.8, 4) is 0 Å². The fourth-order valence-corrected chi connectivity index (χ4v) is 5.34. The van der Waals surface area contributed by atoms with Crippen molar-refractivity contribution in [2.24, 2.45) is 0 Å². The molecule has 0 amide bonds. The molecule has 2 aromatic rings. The Balaban J connectivity index is 1.80. The predicted octanol–water partition coefficient (Wildman–Crippen LogP) is 3.90. The monoisotopic (exact) mass is 370 g/mol. The third-order valence-electron chi connectivity index (χ3n) is 6.16. The van der Waals surface area contributed by atoms with E-state index in [-0.39, 0.29) is 0 Å². The molecule has 1 saturated heterocycles. The summed E-state index contributed by atoms with van der Waals surface area (Å²) in [6.45, 7) is 9.90. The third kappa shape index (κ3) is 2.81. The lowest BCUT2D eigenvalue weighted by atomic mass is 9.74. The number of nitrogens with zero attached hydrogens (tertiary/aromatic N) is 2. The molecule has 0 saturated carbocycles. The summed E-state index contributed by atoms with van der Waals surface area (Å²) in [5.74, 6) is 0.669. The average Bonchev–Trinajstić information content (AvgIpc) is 2.90. The van der Waals surface area contributed by atoms with Gasteiger partial charge in [-0.2, -0.15) is 0 Å². The lowest BCUT2D eigenvalue weighted by molar-refractivity contribution is 0.124. The van der Waals surface area contributed by atoms with Gasteiger partial charge in [0.15, 0.2) is 5.11 Å². The number of hydrogen-bond donors (Lipinski definition) is 2. The minimum atomic E-state index is 0.650. The van der Waals surface area contributed by atoms with Gasteiger partial charge in [0.2, 0.25) is 0 Å². The number of piperidine rings is 1. The molecule has 26 heavy (non-hydrogen) atoms. The first-order chi connectivity index (χ1) is 12.7. The van der Waals surface area contributed by atoms with E-state index in [1.807, 2.05) is 0 Å². The minimum absolute atomic E-state index is 0.650. The quantitative estimate of drug-likeness (QED) is 0.800. The number of aromatic nitrogens is 1. The van der Waals surface area contributed by atoms with Crippen LogP contribution in [0.15, 0.2) is 18.2 Å². The van der Waals surface area contributed by atoms with Gasteiger partial charge in [-0.25, -0.2) is 0 Å². The van der Waals surface area contributed by atoms with E-state index in [1.165, 1.54) is 54.5 Å². The van der Waals surface area contributed by atoms with Crippen LogP contribution in [0.4, 0.5) is 0 Å². The van der Waals surface area contributed by atoms with Gasteiger partial charge in [0, 0.05) is 29.6 Å². The molecule has 1 fully saturated rings. The van der Waals surface area contributed by atoms with Crippen LogP contribution in [0, 0.1) is 6.92 Å². The molecule has 1 aliphatic carbocycles. The van der Waals surface area contributed by atoms with Crippen molar-refractivity contribution in [2.45, 2.75) is 58.4 Å². The van der Waals surface area contributed by atoms with E-state index in [0.29, 0.717) is 17.1 Å². The van der Waals surface area contributed by atoms with Crippen molar-refractivity contribution in [3.63, 3.8) is 0 Å². The van der Waals surface area contributed by atoms with Gasteiger partial charge in [-0.05, 0) is 82.0 Å². The summed E-state index contributed by atoms with van der Waals surface area (Å²) < 4.78 is 2.20. The Hall–Kier alpha value is -1.59. The molecule has 140 valence electrons. The molecular formula is C21H30N4S. The van der Waals surface area contributed by atoms with Crippen LogP contribution in [0.1, 0.15) is 55.8 Å². The number of nitrogens with one attached hydrogen (secondary N) is 2. The summed E-state index contributed by atoms with van der Waals surface area (Å²) in [5.41, 5.74) is 9.02. The van der Waals surface area contributed by atoms with E-state index >= 15 is 0 Å². The van der Waals surface area contributed by atoms with Gasteiger partial charge in [0.1, 0.15) is 0 Å². The lowest BCUT2D eigenvalue weighted by Crippen LogP contribution is -2.47.